The normalized spacial score (nSPS) is 10.9. The lowest BCUT2D eigenvalue weighted by Crippen LogP contribution is -2.14. The molecule has 2 heterocycles. The average molecular weight is 429 g/mol. The molecule has 0 aliphatic carbocycles. The maximum atomic E-state index is 12.1. The molecule has 26 heavy (non-hydrogen) atoms. The predicted octanol–water partition coefficient (Wildman–Crippen LogP) is 3.93. The number of amides is 1. The van der Waals surface area contributed by atoms with Crippen molar-refractivity contribution in [1.29, 1.82) is 0 Å². The zero-order chi connectivity index (χ0) is 18.7. The maximum Gasteiger partial charge on any atom is 0.236 e. The third-order valence-electron chi connectivity index (χ3n) is 3.35. The predicted molar refractivity (Wildman–Crippen MR) is 105 cm³/mol. The number of carbonyl (C=O) groups excluding carboxylic acids is 1. The van der Waals surface area contributed by atoms with Crippen LogP contribution >= 0.6 is 46.3 Å². The first-order chi connectivity index (χ1) is 12.5. The molecule has 7 nitrogen and oxygen atoms in total. The first-order valence-electron chi connectivity index (χ1n) is 7.57. The van der Waals surface area contributed by atoms with Gasteiger partial charge in [0.15, 0.2) is 11.0 Å². The van der Waals surface area contributed by atoms with E-state index in [1.165, 1.54) is 23.1 Å². The number of thioether (sulfide) groups is 1. The van der Waals surface area contributed by atoms with E-state index >= 15 is 0 Å². The molecule has 0 fully saturated rings. The molecule has 1 amide bonds. The molecule has 3 rings (SSSR count). The van der Waals surface area contributed by atoms with Crippen LogP contribution in [0.3, 0.4) is 0 Å². The summed E-state index contributed by atoms with van der Waals surface area (Å²) in [6.45, 7) is 1.99. The Kier molecular flexibility index (Phi) is 6.13. The molecule has 0 saturated heterocycles. The lowest BCUT2D eigenvalue weighted by atomic mass is 10.2. The first-order valence-corrected chi connectivity index (χ1v) is 10.1. The highest BCUT2D eigenvalue weighted by atomic mass is 35.5. The molecule has 0 saturated carbocycles. The van der Waals surface area contributed by atoms with Crippen molar-refractivity contribution in [3.8, 4) is 11.4 Å². The number of hydrogen-bond donors (Lipinski definition) is 1. The van der Waals surface area contributed by atoms with Gasteiger partial charge in [0.05, 0.1) is 10.8 Å². The van der Waals surface area contributed by atoms with Gasteiger partial charge in [-0.2, -0.15) is 0 Å². The van der Waals surface area contributed by atoms with E-state index in [2.05, 4.69) is 25.7 Å². The summed E-state index contributed by atoms with van der Waals surface area (Å²) >= 11 is 14.8. The number of aryl methyl sites for hydroxylation is 1. The first kappa shape index (κ1) is 19.1. The number of rotatable bonds is 6. The van der Waals surface area contributed by atoms with Crippen LogP contribution in [0.15, 0.2) is 23.4 Å². The second kappa shape index (κ2) is 8.34. The minimum absolute atomic E-state index is 0.178. The molecule has 136 valence electrons. The Labute approximate surface area is 168 Å². The molecule has 0 bridgehead atoms. The van der Waals surface area contributed by atoms with Crippen LogP contribution < -0.4 is 5.32 Å². The van der Waals surface area contributed by atoms with Crippen molar-refractivity contribution in [2.45, 2.75) is 18.5 Å². The topological polar surface area (TPSA) is 85.6 Å². The van der Waals surface area contributed by atoms with Gasteiger partial charge < -0.3 is 4.57 Å². The van der Waals surface area contributed by atoms with Crippen molar-refractivity contribution in [3.05, 3.63) is 33.3 Å². The molecule has 0 unspecified atom stereocenters. The van der Waals surface area contributed by atoms with Gasteiger partial charge >= 0.3 is 0 Å². The van der Waals surface area contributed by atoms with Crippen LogP contribution in [0.2, 0.25) is 10.0 Å². The third-order valence-corrected chi connectivity index (χ3v) is 5.91. The lowest BCUT2D eigenvalue weighted by Gasteiger charge is -2.06. The minimum Gasteiger partial charge on any atom is -0.305 e. The minimum atomic E-state index is -0.178. The summed E-state index contributed by atoms with van der Waals surface area (Å²) in [6, 6.07) is 5.18. The number of carbonyl (C=O) groups is 1. The molecule has 0 spiro atoms. The Balaban J connectivity index is 1.65. The second-order valence-electron chi connectivity index (χ2n) is 5.18. The Hall–Kier alpha value is -1.68. The number of aromatic nitrogens is 5. The molecule has 11 heteroatoms. The summed E-state index contributed by atoms with van der Waals surface area (Å²) < 4.78 is 1.78. The lowest BCUT2D eigenvalue weighted by molar-refractivity contribution is -0.113. The fraction of sp³-hybridized carbons (Fsp3) is 0.267. The van der Waals surface area contributed by atoms with Crippen LogP contribution in [0, 0.1) is 0 Å². The fourth-order valence-electron chi connectivity index (χ4n) is 2.08. The van der Waals surface area contributed by atoms with Gasteiger partial charge in [-0.05, 0) is 24.6 Å². The Morgan fingerprint density at radius 2 is 2.08 bits per heavy atom. The molecule has 2 aromatic heterocycles. The molecule has 3 aromatic rings. The van der Waals surface area contributed by atoms with Crippen molar-refractivity contribution in [2.24, 2.45) is 7.05 Å². The van der Waals surface area contributed by atoms with E-state index in [9.17, 15) is 4.79 Å². The van der Waals surface area contributed by atoms with Crippen LogP contribution in [0.4, 0.5) is 5.13 Å². The number of nitrogens with zero attached hydrogens (tertiary/aromatic N) is 5. The van der Waals surface area contributed by atoms with Crippen molar-refractivity contribution in [2.75, 3.05) is 11.1 Å². The van der Waals surface area contributed by atoms with Crippen LogP contribution in [0.5, 0.6) is 0 Å². The summed E-state index contributed by atoms with van der Waals surface area (Å²) in [5.74, 6) is 0.607. The van der Waals surface area contributed by atoms with Gasteiger partial charge in [0, 0.05) is 17.6 Å². The highest BCUT2D eigenvalue weighted by Crippen LogP contribution is 2.30. The number of benzene rings is 1. The molecular weight excluding hydrogens is 415 g/mol. The van der Waals surface area contributed by atoms with Crippen LogP contribution in [0.1, 0.15) is 11.9 Å². The molecular formula is C15H14Cl2N6OS2. The van der Waals surface area contributed by atoms with Crippen molar-refractivity contribution < 1.29 is 4.79 Å². The number of anilines is 1. The standard InChI is InChI=1S/C15H14Cl2N6OS2/c1-3-12-19-21-14(26-12)18-11(24)7-25-15-22-20-13(23(15)2)9-5-4-8(16)6-10(9)17/h4-6H,3,7H2,1-2H3,(H,18,21,24). The van der Waals surface area contributed by atoms with E-state index in [0.717, 1.165) is 17.0 Å². The third kappa shape index (κ3) is 4.35. The molecule has 1 N–H and O–H groups in total. The molecule has 1 aromatic carbocycles. The number of hydrogen-bond acceptors (Lipinski definition) is 7. The molecule has 0 aliphatic heterocycles. The van der Waals surface area contributed by atoms with E-state index < -0.39 is 0 Å². The molecule has 0 atom stereocenters. The van der Waals surface area contributed by atoms with Crippen LogP contribution in [-0.4, -0.2) is 36.6 Å². The van der Waals surface area contributed by atoms with Crippen molar-refractivity contribution in [3.63, 3.8) is 0 Å². The largest absolute Gasteiger partial charge is 0.305 e. The summed E-state index contributed by atoms with van der Waals surface area (Å²) in [5, 5.41) is 22.0. The second-order valence-corrected chi connectivity index (χ2v) is 8.03. The summed E-state index contributed by atoms with van der Waals surface area (Å²) in [5.41, 5.74) is 0.725. The summed E-state index contributed by atoms with van der Waals surface area (Å²) in [6.07, 6.45) is 0.789. The zero-order valence-electron chi connectivity index (χ0n) is 13.9. The zero-order valence-corrected chi connectivity index (χ0v) is 17.0. The quantitative estimate of drug-likeness (QED) is 0.598. The van der Waals surface area contributed by atoms with E-state index in [0.29, 0.717) is 26.2 Å². The molecule has 0 radical (unpaired) electrons. The monoisotopic (exact) mass is 428 g/mol. The summed E-state index contributed by atoms with van der Waals surface area (Å²) in [4.78, 5) is 12.1. The Morgan fingerprint density at radius 3 is 2.77 bits per heavy atom. The van der Waals surface area contributed by atoms with Gasteiger partial charge in [0.1, 0.15) is 5.01 Å². The SMILES string of the molecule is CCc1nnc(NC(=O)CSc2nnc(-c3ccc(Cl)cc3Cl)n2C)s1. The van der Waals surface area contributed by atoms with Crippen LogP contribution in [-0.2, 0) is 18.3 Å². The van der Waals surface area contributed by atoms with Gasteiger partial charge in [-0.25, -0.2) is 0 Å². The van der Waals surface area contributed by atoms with Gasteiger partial charge in [-0.3, -0.25) is 10.1 Å². The van der Waals surface area contributed by atoms with Crippen molar-refractivity contribution >= 4 is 57.3 Å². The van der Waals surface area contributed by atoms with Crippen molar-refractivity contribution in [1.82, 2.24) is 25.0 Å². The Morgan fingerprint density at radius 1 is 1.27 bits per heavy atom. The number of nitrogens with one attached hydrogen (secondary N) is 1. The fourth-order valence-corrected chi connectivity index (χ4v) is 3.98. The maximum absolute atomic E-state index is 12.1. The van der Waals surface area contributed by atoms with E-state index in [4.69, 9.17) is 23.2 Å². The van der Waals surface area contributed by atoms with Gasteiger partial charge in [-0.1, -0.05) is 53.2 Å². The van der Waals surface area contributed by atoms with Gasteiger partial charge in [0.25, 0.3) is 0 Å². The molecule has 0 aliphatic rings. The highest BCUT2D eigenvalue weighted by Gasteiger charge is 2.16. The van der Waals surface area contributed by atoms with Gasteiger partial charge in [-0.15, -0.1) is 20.4 Å². The summed E-state index contributed by atoms with van der Waals surface area (Å²) in [7, 11) is 1.82. The van der Waals surface area contributed by atoms with Crippen LogP contribution in [0.25, 0.3) is 11.4 Å². The van der Waals surface area contributed by atoms with E-state index in [-0.39, 0.29) is 11.7 Å². The van der Waals surface area contributed by atoms with E-state index in [1.807, 2.05) is 14.0 Å². The average Bonchev–Trinajstić information content (AvgIpc) is 3.20. The highest BCUT2D eigenvalue weighted by molar-refractivity contribution is 7.99. The number of halogens is 2. The smallest absolute Gasteiger partial charge is 0.236 e. The van der Waals surface area contributed by atoms with Gasteiger partial charge in [0.2, 0.25) is 11.0 Å². The Bertz CT molecular complexity index is 942. The van der Waals surface area contributed by atoms with E-state index in [1.54, 1.807) is 22.8 Å².